The second-order valence-corrected chi connectivity index (χ2v) is 4.61. The molecule has 1 N–H and O–H groups in total. The molecule has 1 amide bonds. The topological polar surface area (TPSA) is 104 Å². The van der Waals surface area contributed by atoms with Crippen LogP contribution in [0.25, 0.3) is 0 Å². The standard InChI is InChI=1S/C11H15N3O5/c1-11(2,3)19-10(15)13-9-7(14(16)17)5-6-8(12-9)18-4/h5-6H,1-4H3,(H,12,13,15). The number of nitrogens with one attached hydrogen (secondary N) is 1. The third-order valence-corrected chi connectivity index (χ3v) is 1.87. The van der Waals surface area contributed by atoms with E-state index in [1.807, 2.05) is 0 Å². The van der Waals surface area contributed by atoms with E-state index < -0.39 is 16.6 Å². The highest BCUT2D eigenvalue weighted by Gasteiger charge is 2.22. The molecule has 0 aliphatic heterocycles. The Bertz CT molecular complexity index is 496. The number of hydrogen-bond acceptors (Lipinski definition) is 6. The summed E-state index contributed by atoms with van der Waals surface area (Å²) in [6, 6.07) is 2.52. The van der Waals surface area contributed by atoms with Crippen molar-refractivity contribution < 1.29 is 19.2 Å². The molecule has 104 valence electrons. The van der Waals surface area contributed by atoms with Crippen molar-refractivity contribution >= 4 is 17.6 Å². The first-order valence-electron chi connectivity index (χ1n) is 5.42. The molecule has 1 aromatic rings. The summed E-state index contributed by atoms with van der Waals surface area (Å²) in [5.74, 6) is -0.0738. The van der Waals surface area contributed by atoms with E-state index in [0.29, 0.717) is 0 Å². The lowest BCUT2D eigenvalue weighted by Crippen LogP contribution is -2.27. The van der Waals surface area contributed by atoms with E-state index in [1.54, 1.807) is 20.8 Å². The van der Waals surface area contributed by atoms with E-state index >= 15 is 0 Å². The van der Waals surface area contributed by atoms with Crippen molar-refractivity contribution in [3.8, 4) is 5.88 Å². The molecule has 0 saturated heterocycles. The van der Waals surface area contributed by atoms with Crippen molar-refractivity contribution in [2.24, 2.45) is 0 Å². The van der Waals surface area contributed by atoms with E-state index in [-0.39, 0.29) is 17.4 Å². The highest BCUT2D eigenvalue weighted by atomic mass is 16.6. The lowest BCUT2D eigenvalue weighted by molar-refractivity contribution is -0.384. The van der Waals surface area contributed by atoms with Crippen LogP contribution in [0, 0.1) is 10.1 Å². The number of carbonyl (C=O) groups is 1. The lowest BCUT2D eigenvalue weighted by atomic mass is 10.2. The molecule has 0 unspecified atom stereocenters. The van der Waals surface area contributed by atoms with E-state index in [0.717, 1.165) is 0 Å². The molecule has 0 aliphatic carbocycles. The van der Waals surface area contributed by atoms with Crippen LogP contribution in [0.2, 0.25) is 0 Å². The number of ether oxygens (including phenoxy) is 2. The molecule has 1 heterocycles. The van der Waals surface area contributed by atoms with Gasteiger partial charge in [-0.15, -0.1) is 0 Å². The number of amides is 1. The third kappa shape index (κ3) is 4.41. The molecule has 0 fully saturated rings. The van der Waals surface area contributed by atoms with Crippen molar-refractivity contribution in [2.45, 2.75) is 26.4 Å². The van der Waals surface area contributed by atoms with Crippen LogP contribution in [0.1, 0.15) is 20.8 Å². The minimum Gasteiger partial charge on any atom is -0.481 e. The fourth-order valence-corrected chi connectivity index (χ4v) is 1.19. The Hall–Kier alpha value is -2.38. The maximum absolute atomic E-state index is 11.6. The number of aromatic nitrogens is 1. The van der Waals surface area contributed by atoms with E-state index in [2.05, 4.69) is 10.3 Å². The summed E-state index contributed by atoms with van der Waals surface area (Å²) in [7, 11) is 1.37. The van der Waals surface area contributed by atoms with Gasteiger partial charge in [-0.2, -0.15) is 4.98 Å². The zero-order chi connectivity index (χ0) is 14.6. The van der Waals surface area contributed by atoms with Crippen LogP contribution in [0.4, 0.5) is 16.3 Å². The Morgan fingerprint density at radius 1 is 1.42 bits per heavy atom. The Balaban J connectivity index is 2.98. The quantitative estimate of drug-likeness (QED) is 0.667. The zero-order valence-electron chi connectivity index (χ0n) is 11.1. The Kier molecular flexibility index (Phi) is 4.26. The second kappa shape index (κ2) is 5.51. The lowest BCUT2D eigenvalue weighted by Gasteiger charge is -2.19. The molecule has 1 aromatic heterocycles. The van der Waals surface area contributed by atoms with Gasteiger partial charge in [-0.3, -0.25) is 15.4 Å². The minimum atomic E-state index is -0.823. The third-order valence-electron chi connectivity index (χ3n) is 1.87. The number of nitro groups is 1. The number of hydrogen-bond donors (Lipinski definition) is 1. The van der Waals surface area contributed by atoms with Crippen molar-refractivity contribution in [3.05, 3.63) is 22.2 Å². The number of carbonyl (C=O) groups excluding carboxylic acids is 1. The van der Waals surface area contributed by atoms with Crippen molar-refractivity contribution in [1.82, 2.24) is 4.98 Å². The van der Waals surface area contributed by atoms with Gasteiger partial charge < -0.3 is 9.47 Å². The number of pyridine rings is 1. The highest BCUT2D eigenvalue weighted by Crippen LogP contribution is 2.25. The van der Waals surface area contributed by atoms with Gasteiger partial charge in [0, 0.05) is 12.1 Å². The van der Waals surface area contributed by atoms with Crippen LogP contribution in [-0.4, -0.2) is 28.7 Å². The largest absolute Gasteiger partial charge is 0.481 e. The van der Waals surface area contributed by atoms with Crippen LogP contribution in [-0.2, 0) is 4.74 Å². The molecule has 19 heavy (non-hydrogen) atoms. The number of nitrogens with zero attached hydrogens (tertiary/aromatic N) is 2. The second-order valence-electron chi connectivity index (χ2n) is 4.61. The van der Waals surface area contributed by atoms with E-state index in [4.69, 9.17) is 9.47 Å². The summed E-state index contributed by atoms with van der Waals surface area (Å²) in [5, 5.41) is 13.0. The van der Waals surface area contributed by atoms with Gasteiger partial charge in [0.25, 0.3) is 0 Å². The normalized spacial score (nSPS) is 10.7. The van der Waals surface area contributed by atoms with Gasteiger partial charge in [0.05, 0.1) is 12.0 Å². The van der Waals surface area contributed by atoms with Crippen molar-refractivity contribution in [1.29, 1.82) is 0 Å². The van der Waals surface area contributed by atoms with Crippen molar-refractivity contribution in [2.75, 3.05) is 12.4 Å². The predicted octanol–water partition coefficient (Wildman–Crippen LogP) is 2.35. The molecule has 0 atom stereocenters. The Morgan fingerprint density at radius 2 is 2.05 bits per heavy atom. The molecule has 0 spiro atoms. The smallest absolute Gasteiger partial charge is 0.413 e. The van der Waals surface area contributed by atoms with Gasteiger partial charge in [-0.25, -0.2) is 4.79 Å². The summed E-state index contributed by atoms with van der Waals surface area (Å²) >= 11 is 0. The first-order chi connectivity index (χ1) is 8.73. The number of anilines is 1. The maximum Gasteiger partial charge on any atom is 0.413 e. The average Bonchev–Trinajstić information content (AvgIpc) is 2.25. The van der Waals surface area contributed by atoms with Crippen LogP contribution < -0.4 is 10.1 Å². The molecule has 0 aromatic carbocycles. The van der Waals surface area contributed by atoms with Gasteiger partial charge in [-0.1, -0.05) is 0 Å². The Labute approximate surface area is 109 Å². The van der Waals surface area contributed by atoms with Gasteiger partial charge in [0.2, 0.25) is 11.7 Å². The molecule has 0 radical (unpaired) electrons. The van der Waals surface area contributed by atoms with Gasteiger partial charge in [-0.05, 0) is 20.8 Å². The van der Waals surface area contributed by atoms with Crippen LogP contribution in [0.5, 0.6) is 5.88 Å². The minimum absolute atomic E-state index is 0.150. The maximum atomic E-state index is 11.6. The summed E-state index contributed by atoms with van der Waals surface area (Å²) in [6.07, 6.45) is -0.823. The summed E-state index contributed by atoms with van der Waals surface area (Å²) in [6.45, 7) is 5.04. The Morgan fingerprint density at radius 3 is 2.53 bits per heavy atom. The van der Waals surface area contributed by atoms with Crippen molar-refractivity contribution in [3.63, 3.8) is 0 Å². The zero-order valence-corrected chi connectivity index (χ0v) is 11.1. The fraction of sp³-hybridized carbons (Fsp3) is 0.455. The summed E-state index contributed by atoms with van der Waals surface area (Å²) in [4.78, 5) is 25.5. The molecular formula is C11H15N3O5. The SMILES string of the molecule is COc1ccc([N+](=O)[O-])c(NC(=O)OC(C)(C)C)n1. The van der Waals surface area contributed by atoms with Crippen LogP contribution in [0.3, 0.4) is 0 Å². The first kappa shape index (κ1) is 14.7. The average molecular weight is 269 g/mol. The molecule has 1 rings (SSSR count). The predicted molar refractivity (Wildman–Crippen MR) is 67.3 cm³/mol. The first-order valence-corrected chi connectivity index (χ1v) is 5.42. The summed E-state index contributed by atoms with van der Waals surface area (Å²) in [5.41, 5.74) is -1.05. The van der Waals surface area contributed by atoms with Crippen LogP contribution in [0.15, 0.2) is 12.1 Å². The van der Waals surface area contributed by atoms with Gasteiger partial charge >= 0.3 is 11.8 Å². The summed E-state index contributed by atoms with van der Waals surface area (Å²) < 4.78 is 9.84. The van der Waals surface area contributed by atoms with Gasteiger partial charge in [0.1, 0.15) is 5.60 Å². The monoisotopic (exact) mass is 269 g/mol. The van der Waals surface area contributed by atoms with Gasteiger partial charge in [0.15, 0.2) is 0 Å². The van der Waals surface area contributed by atoms with E-state index in [9.17, 15) is 14.9 Å². The molecule has 0 saturated carbocycles. The molecule has 0 bridgehead atoms. The molecule has 0 aliphatic rings. The molecule has 8 heteroatoms. The molecule has 8 nitrogen and oxygen atoms in total. The van der Waals surface area contributed by atoms with Crippen LogP contribution >= 0.6 is 0 Å². The number of methoxy groups -OCH3 is 1. The highest BCUT2D eigenvalue weighted by molar-refractivity contribution is 5.86. The fourth-order valence-electron chi connectivity index (χ4n) is 1.19. The van der Waals surface area contributed by atoms with E-state index in [1.165, 1.54) is 19.2 Å². The molecular weight excluding hydrogens is 254 g/mol. The number of rotatable bonds is 3.